The van der Waals surface area contributed by atoms with Gasteiger partial charge in [0.25, 0.3) is 5.22 Å². The van der Waals surface area contributed by atoms with Gasteiger partial charge < -0.3 is 4.42 Å². The van der Waals surface area contributed by atoms with Gasteiger partial charge in [-0.25, -0.2) is 15.0 Å². The minimum absolute atomic E-state index is 0.507. The zero-order valence-corrected chi connectivity index (χ0v) is 13.3. The highest BCUT2D eigenvalue weighted by Crippen LogP contribution is 2.35. The summed E-state index contributed by atoms with van der Waals surface area (Å²) in [6.45, 7) is 2.08. The van der Waals surface area contributed by atoms with Crippen molar-refractivity contribution < 1.29 is 4.42 Å². The number of hydrogen-bond acceptors (Lipinski definition) is 9. The lowest BCUT2D eigenvalue weighted by molar-refractivity contribution is 0.411. The average molecular weight is 325 g/mol. The van der Waals surface area contributed by atoms with Crippen LogP contribution in [0.1, 0.15) is 19.2 Å². The molecule has 104 valence electrons. The summed E-state index contributed by atoms with van der Waals surface area (Å²) >= 11 is 4.53. The van der Waals surface area contributed by atoms with Gasteiger partial charge in [-0.2, -0.15) is 0 Å². The monoisotopic (exact) mass is 325 g/mol. The molecule has 0 aliphatic heterocycles. The summed E-state index contributed by atoms with van der Waals surface area (Å²) in [7, 11) is 0. The smallest absolute Gasteiger partial charge is 0.282 e. The summed E-state index contributed by atoms with van der Waals surface area (Å²) in [5.41, 5.74) is 0.713. The molecule has 3 heterocycles. The molecular weight excluding hydrogens is 314 g/mol. The van der Waals surface area contributed by atoms with Crippen LogP contribution in [0.3, 0.4) is 0 Å². The van der Waals surface area contributed by atoms with Gasteiger partial charge in [0.05, 0.1) is 0 Å². The molecular formula is C11H11N5OS3. The molecule has 0 N–H and O–H groups in total. The Hall–Kier alpha value is -1.19. The van der Waals surface area contributed by atoms with Gasteiger partial charge in [-0.05, 0) is 24.4 Å². The van der Waals surface area contributed by atoms with E-state index < -0.39 is 0 Å². The summed E-state index contributed by atoms with van der Waals surface area (Å²) in [4.78, 5) is 12.9. The van der Waals surface area contributed by atoms with Crippen LogP contribution in [0, 0.1) is 0 Å². The van der Waals surface area contributed by atoms with Crippen molar-refractivity contribution in [2.24, 2.45) is 0 Å². The number of thiazole rings is 1. The Morgan fingerprint density at radius 2 is 2.20 bits per heavy atom. The molecule has 0 saturated carbocycles. The minimum Gasteiger partial charge on any atom is -0.416 e. The third-order valence-corrected chi connectivity index (χ3v) is 5.42. The zero-order chi connectivity index (χ0) is 13.9. The molecule has 20 heavy (non-hydrogen) atoms. The topological polar surface area (TPSA) is 77.6 Å². The lowest BCUT2D eigenvalue weighted by Gasteiger charge is -1.95. The van der Waals surface area contributed by atoms with Crippen molar-refractivity contribution in [1.82, 2.24) is 25.1 Å². The van der Waals surface area contributed by atoms with Crippen molar-refractivity contribution in [3.8, 4) is 0 Å². The largest absolute Gasteiger partial charge is 0.416 e. The number of thioether (sulfide) groups is 1. The first kappa shape index (κ1) is 13.8. The van der Waals surface area contributed by atoms with E-state index in [1.807, 2.05) is 6.26 Å². The number of fused-ring (bicyclic) bond motifs is 1. The molecule has 6 nitrogen and oxygen atoms in total. The maximum absolute atomic E-state index is 5.57. The second-order valence-electron chi connectivity index (χ2n) is 3.83. The van der Waals surface area contributed by atoms with E-state index in [0.29, 0.717) is 16.8 Å². The van der Waals surface area contributed by atoms with E-state index in [-0.39, 0.29) is 0 Å². The molecule has 0 aliphatic rings. The normalized spacial score (nSPS) is 11.3. The highest BCUT2D eigenvalue weighted by molar-refractivity contribution is 8.00. The van der Waals surface area contributed by atoms with Crippen LogP contribution < -0.4 is 0 Å². The molecule has 0 amide bonds. The van der Waals surface area contributed by atoms with Gasteiger partial charge in [0.1, 0.15) is 16.1 Å². The van der Waals surface area contributed by atoms with Gasteiger partial charge >= 0.3 is 0 Å². The Bertz CT molecular complexity index is 726. The standard InChI is InChI=1S/C11H11N5OS3/c1-3-4-6-15-16-10(17-6)20-9-7-8(12-5-13-9)14-11(18-2)19-7/h5H,3-4H2,1-2H3. The zero-order valence-electron chi connectivity index (χ0n) is 10.9. The van der Waals surface area contributed by atoms with Crippen molar-refractivity contribution in [2.45, 2.75) is 34.4 Å². The maximum atomic E-state index is 5.57. The molecule has 0 aliphatic carbocycles. The molecule has 0 saturated heterocycles. The van der Waals surface area contributed by atoms with Crippen LogP contribution in [-0.4, -0.2) is 31.4 Å². The Morgan fingerprint density at radius 3 is 3.00 bits per heavy atom. The summed E-state index contributed by atoms with van der Waals surface area (Å²) in [6, 6.07) is 0. The number of rotatable bonds is 5. The van der Waals surface area contributed by atoms with E-state index in [9.17, 15) is 0 Å². The fraction of sp³-hybridized carbons (Fsp3) is 0.364. The Morgan fingerprint density at radius 1 is 1.30 bits per heavy atom. The highest BCUT2D eigenvalue weighted by atomic mass is 32.2. The highest BCUT2D eigenvalue weighted by Gasteiger charge is 2.14. The summed E-state index contributed by atoms with van der Waals surface area (Å²) in [6.07, 6.45) is 5.28. The van der Waals surface area contributed by atoms with Crippen molar-refractivity contribution in [1.29, 1.82) is 0 Å². The summed E-state index contributed by atoms with van der Waals surface area (Å²) in [5.74, 6) is 0.661. The molecule has 0 fully saturated rings. The number of hydrogen-bond donors (Lipinski definition) is 0. The Labute approximate surface area is 127 Å². The van der Waals surface area contributed by atoms with Crippen LogP contribution in [0.5, 0.6) is 0 Å². The third-order valence-electron chi connectivity index (χ3n) is 2.41. The molecule has 3 aromatic rings. The first-order valence-corrected chi connectivity index (χ1v) is 8.81. The van der Waals surface area contributed by atoms with Crippen molar-refractivity contribution in [3.05, 3.63) is 12.2 Å². The van der Waals surface area contributed by atoms with Crippen molar-refractivity contribution in [2.75, 3.05) is 6.26 Å². The van der Waals surface area contributed by atoms with E-state index in [4.69, 9.17) is 4.42 Å². The predicted molar refractivity (Wildman–Crippen MR) is 79.4 cm³/mol. The molecule has 0 spiro atoms. The fourth-order valence-corrected chi connectivity index (χ4v) is 3.87. The quantitative estimate of drug-likeness (QED) is 0.522. The Kier molecular flexibility index (Phi) is 4.18. The second-order valence-corrected chi connectivity index (χ2v) is 6.82. The van der Waals surface area contributed by atoms with Crippen LogP contribution in [0.2, 0.25) is 0 Å². The van der Waals surface area contributed by atoms with Gasteiger partial charge in [0.15, 0.2) is 9.99 Å². The Balaban J connectivity index is 1.91. The number of aromatic nitrogens is 5. The van der Waals surface area contributed by atoms with Gasteiger partial charge in [0, 0.05) is 6.42 Å². The average Bonchev–Trinajstić information content (AvgIpc) is 3.06. The molecule has 0 aromatic carbocycles. The first-order valence-electron chi connectivity index (χ1n) is 5.96. The van der Waals surface area contributed by atoms with Crippen LogP contribution >= 0.6 is 34.9 Å². The minimum atomic E-state index is 0.507. The van der Waals surface area contributed by atoms with E-state index in [1.165, 1.54) is 18.1 Å². The third kappa shape index (κ3) is 2.79. The molecule has 0 unspecified atom stereocenters. The second kappa shape index (κ2) is 6.06. The SMILES string of the molecule is CCCc1nnc(Sc2ncnc3nc(SC)sc23)o1. The van der Waals surface area contributed by atoms with Crippen molar-refractivity contribution in [3.63, 3.8) is 0 Å². The van der Waals surface area contributed by atoms with Crippen LogP contribution in [0.15, 0.2) is 25.3 Å². The predicted octanol–water partition coefficient (Wildman–Crippen LogP) is 3.29. The summed E-state index contributed by atoms with van der Waals surface area (Å²) < 4.78 is 7.50. The fourth-order valence-electron chi connectivity index (χ4n) is 1.55. The van der Waals surface area contributed by atoms with Crippen LogP contribution in [0.25, 0.3) is 10.3 Å². The van der Waals surface area contributed by atoms with Gasteiger partial charge in [-0.3, -0.25) is 0 Å². The molecule has 0 bridgehead atoms. The van der Waals surface area contributed by atoms with E-state index in [2.05, 4.69) is 32.1 Å². The maximum Gasteiger partial charge on any atom is 0.282 e. The number of nitrogens with zero attached hydrogens (tertiary/aromatic N) is 5. The molecule has 0 radical (unpaired) electrons. The summed E-state index contributed by atoms with van der Waals surface area (Å²) in [5, 5.41) is 9.35. The van der Waals surface area contributed by atoms with Crippen molar-refractivity contribution >= 4 is 45.2 Å². The van der Waals surface area contributed by atoms with E-state index in [0.717, 1.165) is 26.9 Å². The lowest BCUT2D eigenvalue weighted by Crippen LogP contribution is -1.84. The van der Waals surface area contributed by atoms with Gasteiger partial charge in [0.2, 0.25) is 5.89 Å². The van der Waals surface area contributed by atoms with Gasteiger partial charge in [-0.1, -0.05) is 18.7 Å². The molecule has 3 aromatic heterocycles. The molecule has 0 atom stereocenters. The van der Waals surface area contributed by atoms with Crippen LogP contribution in [-0.2, 0) is 6.42 Å². The van der Waals surface area contributed by atoms with Crippen LogP contribution in [0.4, 0.5) is 0 Å². The van der Waals surface area contributed by atoms with E-state index in [1.54, 1.807) is 23.1 Å². The lowest BCUT2D eigenvalue weighted by atomic mass is 10.3. The molecule has 9 heteroatoms. The first-order chi connectivity index (χ1) is 9.80. The van der Waals surface area contributed by atoms with E-state index >= 15 is 0 Å². The molecule has 3 rings (SSSR count). The number of aryl methyl sites for hydroxylation is 1. The van der Waals surface area contributed by atoms with Gasteiger partial charge in [-0.15, -0.1) is 21.5 Å².